The van der Waals surface area contributed by atoms with Crippen LogP contribution in [0.4, 0.5) is 17.5 Å². The molecule has 1 aliphatic rings. The highest BCUT2D eigenvalue weighted by Crippen LogP contribution is 2.23. The predicted octanol–water partition coefficient (Wildman–Crippen LogP) is 2.54. The minimum atomic E-state index is -0.251. The predicted molar refractivity (Wildman–Crippen MR) is 135 cm³/mol. The number of nitrogens with one attached hydrogen (secondary N) is 2. The maximum atomic E-state index is 13.2. The summed E-state index contributed by atoms with van der Waals surface area (Å²) in [5.41, 5.74) is 3.60. The van der Waals surface area contributed by atoms with Crippen LogP contribution >= 0.6 is 0 Å². The van der Waals surface area contributed by atoms with Crippen LogP contribution in [0.15, 0.2) is 60.0 Å². The first kappa shape index (κ1) is 22.5. The van der Waals surface area contributed by atoms with E-state index in [1.165, 1.54) is 33.8 Å². The summed E-state index contributed by atoms with van der Waals surface area (Å²) < 4.78 is 3.14. The Balaban J connectivity index is 1.61. The van der Waals surface area contributed by atoms with Gasteiger partial charge in [-0.05, 0) is 48.4 Å². The van der Waals surface area contributed by atoms with Gasteiger partial charge in [0, 0.05) is 32.4 Å². The van der Waals surface area contributed by atoms with Gasteiger partial charge in [-0.1, -0.05) is 18.2 Å². The quantitative estimate of drug-likeness (QED) is 0.417. The molecule has 4 aromatic rings. The number of anilines is 3. The molecule has 0 atom stereocenters. The van der Waals surface area contributed by atoms with Crippen molar-refractivity contribution in [3.05, 3.63) is 76.7 Å². The summed E-state index contributed by atoms with van der Waals surface area (Å²) in [5, 5.41) is 7.01. The number of rotatable bonds is 6. The summed E-state index contributed by atoms with van der Waals surface area (Å²) >= 11 is 0. The second-order valence-electron chi connectivity index (χ2n) is 8.39. The lowest BCUT2D eigenvalue weighted by atomic mass is 10.0. The van der Waals surface area contributed by atoms with Gasteiger partial charge in [-0.2, -0.15) is 4.98 Å². The number of hydrogen-bond acceptors (Lipinski definition) is 7. The molecule has 0 spiro atoms. The molecule has 0 bridgehead atoms. The third-order valence-electron chi connectivity index (χ3n) is 6.08. The Morgan fingerprint density at radius 1 is 1.26 bits per heavy atom. The number of allylic oxidation sites excluding steroid dienone is 1. The van der Waals surface area contributed by atoms with E-state index in [1.807, 2.05) is 6.07 Å². The Kier molecular flexibility index (Phi) is 5.87. The third kappa shape index (κ3) is 4.19. The number of carbonyl (C=O) groups excluding carboxylic acids is 1. The van der Waals surface area contributed by atoms with Crippen molar-refractivity contribution in [3.8, 4) is 5.82 Å². The molecule has 0 fully saturated rings. The van der Waals surface area contributed by atoms with E-state index in [-0.39, 0.29) is 18.0 Å². The maximum absolute atomic E-state index is 13.2. The van der Waals surface area contributed by atoms with Crippen molar-refractivity contribution in [1.29, 1.82) is 0 Å². The van der Waals surface area contributed by atoms with E-state index in [4.69, 9.17) is 0 Å². The molecule has 10 heteroatoms. The first-order valence-electron chi connectivity index (χ1n) is 11.4. The molecule has 1 amide bonds. The van der Waals surface area contributed by atoms with Gasteiger partial charge in [0.1, 0.15) is 11.2 Å². The zero-order chi connectivity index (χ0) is 24.5. The number of aromatic nitrogens is 5. The minimum absolute atomic E-state index is 0.149. The van der Waals surface area contributed by atoms with Crippen LogP contribution in [0.2, 0.25) is 0 Å². The molecule has 1 aliphatic heterocycles. The fourth-order valence-corrected chi connectivity index (χ4v) is 4.17. The highest BCUT2D eigenvalue weighted by atomic mass is 16.2. The highest BCUT2D eigenvalue weighted by Gasteiger charge is 2.19. The molecule has 0 aliphatic carbocycles. The van der Waals surface area contributed by atoms with E-state index < -0.39 is 0 Å². The van der Waals surface area contributed by atoms with Crippen molar-refractivity contribution in [3.63, 3.8) is 0 Å². The van der Waals surface area contributed by atoms with Crippen molar-refractivity contribution in [2.75, 3.05) is 23.8 Å². The summed E-state index contributed by atoms with van der Waals surface area (Å²) in [6.07, 6.45) is 4.16. The molecule has 35 heavy (non-hydrogen) atoms. The van der Waals surface area contributed by atoms with E-state index in [1.54, 1.807) is 36.0 Å². The summed E-state index contributed by atoms with van der Waals surface area (Å²) in [6.45, 7) is 7.31. The number of carbonyl (C=O) groups is 1. The maximum Gasteiger partial charge on any atom is 0.278 e. The number of benzene rings is 1. The van der Waals surface area contributed by atoms with E-state index in [9.17, 15) is 9.59 Å². The first-order valence-corrected chi connectivity index (χ1v) is 11.4. The largest absolute Gasteiger partial charge is 0.324 e. The summed E-state index contributed by atoms with van der Waals surface area (Å²) in [7, 11) is 1.65. The number of fused-ring (bicyclic) bond motifs is 2. The highest BCUT2D eigenvalue weighted by molar-refractivity contribution is 5.89. The fourth-order valence-electron chi connectivity index (χ4n) is 4.17. The smallest absolute Gasteiger partial charge is 0.278 e. The average molecular weight is 471 g/mol. The molecule has 1 aromatic carbocycles. The van der Waals surface area contributed by atoms with Crippen molar-refractivity contribution in [1.82, 2.24) is 29.6 Å². The fraction of sp³-hybridized carbons (Fsp3) is 0.240. The summed E-state index contributed by atoms with van der Waals surface area (Å²) in [5.74, 6) is 1.13. The van der Waals surface area contributed by atoms with Crippen LogP contribution in [0.1, 0.15) is 18.1 Å². The van der Waals surface area contributed by atoms with Gasteiger partial charge in [0.25, 0.3) is 5.56 Å². The van der Waals surface area contributed by atoms with Crippen LogP contribution < -0.4 is 21.1 Å². The molecular formula is C25H26N8O2. The van der Waals surface area contributed by atoms with Crippen molar-refractivity contribution in [2.24, 2.45) is 0 Å². The minimum Gasteiger partial charge on any atom is -0.324 e. The lowest BCUT2D eigenvalue weighted by molar-refractivity contribution is -0.116. The molecular weight excluding hydrogens is 444 g/mol. The van der Waals surface area contributed by atoms with Crippen molar-refractivity contribution >= 4 is 34.4 Å². The van der Waals surface area contributed by atoms with Crippen LogP contribution in [0, 0.1) is 0 Å². The first-order chi connectivity index (χ1) is 17.0. The zero-order valence-electron chi connectivity index (χ0n) is 19.7. The van der Waals surface area contributed by atoms with Gasteiger partial charge in [0.15, 0.2) is 11.5 Å². The van der Waals surface area contributed by atoms with E-state index in [0.29, 0.717) is 28.6 Å². The van der Waals surface area contributed by atoms with Gasteiger partial charge < -0.3 is 15.5 Å². The van der Waals surface area contributed by atoms with Gasteiger partial charge >= 0.3 is 0 Å². The van der Waals surface area contributed by atoms with Crippen LogP contribution in [0.25, 0.3) is 16.9 Å². The lowest BCUT2D eigenvalue weighted by Crippen LogP contribution is -2.25. The van der Waals surface area contributed by atoms with Crippen LogP contribution in [0.5, 0.6) is 0 Å². The second-order valence-corrected chi connectivity index (χ2v) is 8.39. The Labute approximate surface area is 201 Å². The monoisotopic (exact) mass is 470 g/mol. The van der Waals surface area contributed by atoms with E-state index >= 15 is 0 Å². The van der Waals surface area contributed by atoms with Gasteiger partial charge in [-0.25, -0.2) is 19.3 Å². The summed E-state index contributed by atoms with van der Waals surface area (Å²) in [4.78, 5) is 40.2. The molecule has 0 unspecified atom stereocenters. The third-order valence-corrected chi connectivity index (χ3v) is 6.08. The standard InChI is InChI=1S/C25H26N8O2/c1-4-12-32-24(35)20-15-27-25(28-19-9-8-17-10-11-26-14-18(17)13-19)30-23(20)33(32)22-7-5-6-21(29-22)31(3)16(2)34/h4-9,13,15,26H,1,10-12,14H2,2-3H3,(H,27,28,30). The van der Waals surface area contributed by atoms with Crippen molar-refractivity contribution < 1.29 is 4.79 Å². The second kappa shape index (κ2) is 9.15. The van der Waals surface area contributed by atoms with Gasteiger partial charge in [0.05, 0.1) is 6.54 Å². The van der Waals surface area contributed by atoms with E-state index in [2.05, 4.69) is 44.3 Å². The number of amides is 1. The Morgan fingerprint density at radius 2 is 2.11 bits per heavy atom. The molecule has 0 saturated heterocycles. The number of hydrogen-bond donors (Lipinski definition) is 2. The Morgan fingerprint density at radius 3 is 2.91 bits per heavy atom. The Bertz CT molecular complexity index is 1500. The lowest BCUT2D eigenvalue weighted by Gasteiger charge is -2.18. The van der Waals surface area contributed by atoms with E-state index in [0.717, 1.165) is 25.2 Å². The van der Waals surface area contributed by atoms with Gasteiger partial charge in [-0.15, -0.1) is 6.58 Å². The topological polar surface area (TPSA) is 110 Å². The Hall–Kier alpha value is -4.31. The molecule has 178 valence electrons. The van der Waals surface area contributed by atoms with Crippen LogP contribution in [-0.2, 0) is 24.3 Å². The van der Waals surface area contributed by atoms with Crippen LogP contribution in [0.3, 0.4) is 0 Å². The molecule has 10 nitrogen and oxygen atoms in total. The van der Waals surface area contributed by atoms with Crippen LogP contribution in [-0.4, -0.2) is 43.8 Å². The number of nitrogens with zero attached hydrogens (tertiary/aromatic N) is 6. The zero-order valence-corrected chi connectivity index (χ0v) is 19.7. The van der Waals surface area contributed by atoms with Gasteiger partial charge in [0.2, 0.25) is 11.9 Å². The average Bonchev–Trinajstić information content (AvgIpc) is 3.14. The number of pyridine rings is 1. The molecule has 4 heterocycles. The molecule has 5 rings (SSSR count). The molecule has 2 N–H and O–H groups in total. The van der Waals surface area contributed by atoms with Crippen molar-refractivity contribution in [2.45, 2.75) is 26.4 Å². The molecule has 0 saturated carbocycles. The normalized spacial score (nSPS) is 12.9. The molecule has 3 aromatic heterocycles. The van der Waals surface area contributed by atoms with Gasteiger partial charge in [-0.3, -0.25) is 9.59 Å². The molecule has 0 radical (unpaired) electrons. The SMILES string of the molecule is C=CCn1c(=O)c2cnc(Nc3ccc4c(c3)CNCC4)nc2n1-c1cccc(N(C)C(C)=O)n1. The summed E-state index contributed by atoms with van der Waals surface area (Å²) in [6, 6.07) is 11.5.